The number of carbonyl (C=O) groups excluding carboxylic acids is 5. The quantitative estimate of drug-likeness (QED) is 0.0477. The van der Waals surface area contributed by atoms with E-state index in [4.69, 9.17) is 25.8 Å². The number of β-amino-alcohol motifs (C(OH)–C–C–N with tert-alkyl or cyclic N) is 1. The van der Waals surface area contributed by atoms with Crippen LogP contribution in [-0.2, 0) is 39.9 Å². The molecule has 7 rings (SSSR count). The molecule has 2 aliphatic heterocycles. The Morgan fingerprint density at radius 3 is 2.24 bits per heavy atom. The van der Waals surface area contributed by atoms with Gasteiger partial charge in [0, 0.05) is 58.2 Å². The normalized spacial score (nSPS) is 16.2. The van der Waals surface area contributed by atoms with Gasteiger partial charge >= 0.3 is 0 Å². The first-order valence-corrected chi connectivity index (χ1v) is 27.0. The van der Waals surface area contributed by atoms with Gasteiger partial charge in [0.25, 0.3) is 5.91 Å². The summed E-state index contributed by atoms with van der Waals surface area (Å²) in [6, 6.07) is 13.3. The Morgan fingerprint density at radius 2 is 1.57 bits per heavy atom. The molecule has 2 aromatic carbocycles. The van der Waals surface area contributed by atoms with Crippen LogP contribution in [0.2, 0.25) is 5.02 Å². The van der Waals surface area contributed by atoms with Crippen molar-refractivity contribution in [2.45, 2.75) is 85.5 Å². The largest absolute Gasteiger partial charge is 0.391 e. The standard InChI is InChI=1S/C52H66ClN11O9S2/c1-32-8-7-9-38(53)45(32)61-49(69)40-29-55-51(75-40)59-41-27-42(58-34(3)57-41)62-16-18-63(19-17-62)44(67)15-21-72-23-25-73-24-22-71-20-14-43(66)60-47(52(4,5)6)50(70)64-30-37(65)26-39(64)48(68)54-28-35-10-12-36(13-11-35)46-33(2)56-31-74-46/h7-13,27,29,31,37,39,47,65H,14-26,28,30H2,1-6H3,(H,54,68)(H,60,66)(H,61,69)(H,55,57,58,59)/t37-,39+,47?/m1/s1. The van der Waals surface area contributed by atoms with E-state index in [2.05, 4.69) is 46.1 Å². The number of carbonyl (C=O) groups is 5. The van der Waals surface area contributed by atoms with E-state index in [9.17, 15) is 29.1 Å². The molecule has 20 nitrogen and oxygen atoms in total. The van der Waals surface area contributed by atoms with Gasteiger partial charge in [-0.15, -0.1) is 11.3 Å². The molecule has 2 aliphatic rings. The zero-order valence-corrected chi connectivity index (χ0v) is 45.5. The fourth-order valence-electron chi connectivity index (χ4n) is 8.51. The van der Waals surface area contributed by atoms with Crippen LogP contribution in [0.25, 0.3) is 10.4 Å². The number of hydrogen-bond donors (Lipinski definition) is 5. The first-order valence-electron chi connectivity index (χ1n) is 24.9. The van der Waals surface area contributed by atoms with Crippen molar-refractivity contribution < 1.29 is 43.3 Å². The lowest BCUT2D eigenvalue weighted by atomic mass is 9.85. The van der Waals surface area contributed by atoms with Gasteiger partial charge in [-0.1, -0.05) is 80.1 Å². The van der Waals surface area contributed by atoms with Crippen molar-refractivity contribution in [3.8, 4) is 10.4 Å². The summed E-state index contributed by atoms with van der Waals surface area (Å²) in [6.07, 6.45) is 0.958. The molecule has 402 valence electrons. The van der Waals surface area contributed by atoms with Gasteiger partial charge in [0.15, 0.2) is 5.13 Å². The number of rotatable bonds is 23. The van der Waals surface area contributed by atoms with E-state index in [0.29, 0.717) is 77.6 Å². The number of hydrogen-bond acceptors (Lipinski definition) is 17. The lowest BCUT2D eigenvalue weighted by Crippen LogP contribution is -2.57. The minimum absolute atomic E-state index is 0.000678. The van der Waals surface area contributed by atoms with Gasteiger partial charge in [-0.2, -0.15) is 0 Å². The molecule has 5 aromatic rings. The van der Waals surface area contributed by atoms with Crippen LogP contribution < -0.4 is 26.2 Å². The summed E-state index contributed by atoms with van der Waals surface area (Å²) in [5.41, 5.74) is 5.42. The zero-order valence-electron chi connectivity index (χ0n) is 43.2. The van der Waals surface area contributed by atoms with E-state index in [-0.39, 0.29) is 82.4 Å². The number of piperazine rings is 1. The maximum Gasteiger partial charge on any atom is 0.267 e. The topological polar surface area (TPSA) is 243 Å². The lowest BCUT2D eigenvalue weighted by molar-refractivity contribution is -0.144. The van der Waals surface area contributed by atoms with Crippen molar-refractivity contribution >= 4 is 86.3 Å². The number of aryl methyl sites for hydroxylation is 3. The van der Waals surface area contributed by atoms with Gasteiger partial charge < -0.3 is 55.3 Å². The minimum atomic E-state index is -0.947. The predicted molar refractivity (Wildman–Crippen MR) is 288 cm³/mol. The average Bonchev–Trinajstić information content (AvgIpc) is 4.14. The summed E-state index contributed by atoms with van der Waals surface area (Å²) in [4.78, 5) is 91.1. The minimum Gasteiger partial charge on any atom is -0.391 e. The number of halogens is 1. The van der Waals surface area contributed by atoms with Crippen molar-refractivity contribution in [2.75, 3.05) is 87.9 Å². The van der Waals surface area contributed by atoms with Crippen molar-refractivity contribution in [1.82, 2.24) is 40.4 Å². The molecular weight excluding hydrogens is 1020 g/mol. The molecule has 0 saturated carbocycles. The number of ether oxygens (including phenoxy) is 3. The average molecular weight is 1090 g/mol. The number of thiazole rings is 2. The van der Waals surface area contributed by atoms with E-state index in [1.54, 1.807) is 24.3 Å². The molecule has 5 amide bonds. The van der Waals surface area contributed by atoms with Crippen LogP contribution in [0.1, 0.15) is 72.4 Å². The highest BCUT2D eigenvalue weighted by Crippen LogP contribution is 2.31. The first kappa shape index (κ1) is 56.6. The van der Waals surface area contributed by atoms with Crippen LogP contribution in [0.3, 0.4) is 0 Å². The first-order chi connectivity index (χ1) is 35.9. The summed E-state index contributed by atoms with van der Waals surface area (Å²) in [5, 5.41) is 23.4. The number of nitrogens with one attached hydrogen (secondary N) is 4. The van der Waals surface area contributed by atoms with Crippen LogP contribution in [0.5, 0.6) is 0 Å². The number of amides is 5. The summed E-state index contributed by atoms with van der Waals surface area (Å²) in [7, 11) is 0. The van der Waals surface area contributed by atoms with Crippen LogP contribution in [0.4, 0.5) is 22.5 Å². The van der Waals surface area contributed by atoms with Gasteiger partial charge in [-0.05, 0) is 48.9 Å². The van der Waals surface area contributed by atoms with Gasteiger partial charge in [-0.25, -0.2) is 19.9 Å². The number of nitrogens with zero attached hydrogens (tertiary/aromatic N) is 7. The second-order valence-electron chi connectivity index (χ2n) is 19.3. The molecule has 5 heterocycles. The van der Waals surface area contributed by atoms with Crippen molar-refractivity contribution in [2.24, 2.45) is 5.41 Å². The van der Waals surface area contributed by atoms with Crippen molar-refractivity contribution in [3.63, 3.8) is 0 Å². The Bertz CT molecular complexity index is 2740. The monoisotopic (exact) mass is 1090 g/mol. The Hall–Kier alpha value is -6.14. The SMILES string of the molecule is Cc1nc(Nc2ncc(C(=O)Nc3c(C)cccc3Cl)s2)cc(N2CCN(C(=O)CCOCCOCCOCCC(=O)NC(C(=O)N3C[C@H](O)C[C@H]3C(=O)NCc3ccc(-c4scnc4C)cc3)C(C)(C)C)CC2)n1. The molecule has 2 fully saturated rings. The third-order valence-corrected chi connectivity index (χ3v) is 14.8. The summed E-state index contributed by atoms with van der Waals surface area (Å²) in [6.45, 7) is 15.1. The van der Waals surface area contributed by atoms with Crippen molar-refractivity contribution in [3.05, 3.63) is 92.8 Å². The Morgan fingerprint density at radius 1 is 0.880 bits per heavy atom. The number of anilines is 4. The smallest absolute Gasteiger partial charge is 0.267 e. The third kappa shape index (κ3) is 15.9. The van der Waals surface area contributed by atoms with Crippen molar-refractivity contribution in [1.29, 1.82) is 0 Å². The van der Waals surface area contributed by atoms with Gasteiger partial charge in [0.1, 0.15) is 34.4 Å². The number of aromatic nitrogens is 4. The van der Waals surface area contributed by atoms with Crippen LogP contribution in [-0.4, -0.2) is 155 Å². The fourth-order valence-corrected chi connectivity index (χ4v) is 10.3. The number of para-hydroxylation sites is 1. The molecule has 75 heavy (non-hydrogen) atoms. The number of likely N-dealkylation sites (tertiary alicyclic amines) is 1. The maximum atomic E-state index is 14.0. The zero-order chi connectivity index (χ0) is 53.6. The molecule has 0 spiro atoms. The summed E-state index contributed by atoms with van der Waals surface area (Å²) >= 11 is 9.05. The summed E-state index contributed by atoms with van der Waals surface area (Å²) < 4.78 is 16.9. The fraction of sp³-hybridized carbons (Fsp3) is 0.481. The van der Waals surface area contributed by atoms with Gasteiger partial charge in [-0.3, -0.25) is 24.0 Å². The van der Waals surface area contributed by atoms with Gasteiger partial charge in [0.05, 0.1) is 85.2 Å². The molecule has 0 aliphatic carbocycles. The van der Waals surface area contributed by atoms with Crippen LogP contribution >= 0.6 is 34.3 Å². The molecule has 3 aromatic heterocycles. The summed E-state index contributed by atoms with van der Waals surface area (Å²) in [5.74, 6) is 0.304. The highest BCUT2D eigenvalue weighted by molar-refractivity contribution is 7.17. The number of benzene rings is 2. The van der Waals surface area contributed by atoms with Crippen LogP contribution in [0.15, 0.2) is 60.2 Å². The molecule has 5 N–H and O–H groups in total. The molecule has 2 saturated heterocycles. The highest BCUT2D eigenvalue weighted by Gasteiger charge is 2.44. The molecule has 0 radical (unpaired) electrons. The number of aliphatic hydroxyl groups excluding tert-OH is 1. The molecule has 23 heteroatoms. The molecule has 1 unspecified atom stereocenters. The Balaban J connectivity index is 0.736. The van der Waals surface area contributed by atoms with E-state index >= 15 is 0 Å². The second-order valence-corrected chi connectivity index (χ2v) is 21.6. The second kappa shape index (κ2) is 26.6. The molecule has 3 atom stereocenters. The Labute approximate surface area is 449 Å². The molecular formula is C52H66ClN11O9S2. The predicted octanol–water partition coefficient (Wildman–Crippen LogP) is 5.92. The van der Waals surface area contributed by atoms with Gasteiger partial charge in [0.2, 0.25) is 23.6 Å². The number of aliphatic hydroxyl groups is 1. The third-order valence-electron chi connectivity index (χ3n) is 12.6. The molecule has 0 bridgehead atoms. The Kier molecular flexibility index (Phi) is 20.0. The van der Waals surface area contributed by atoms with E-state index in [0.717, 1.165) is 27.3 Å². The van der Waals surface area contributed by atoms with E-state index in [1.165, 1.54) is 22.4 Å². The van der Waals surface area contributed by atoms with Crippen LogP contribution in [0, 0.1) is 26.2 Å². The highest BCUT2D eigenvalue weighted by atomic mass is 35.5. The maximum absolute atomic E-state index is 14.0. The van der Waals surface area contributed by atoms with E-state index in [1.807, 2.05) is 87.5 Å². The van der Waals surface area contributed by atoms with E-state index < -0.39 is 29.5 Å². The lowest BCUT2D eigenvalue weighted by Gasteiger charge is -2.35.